The topological polar surface area (TPSA) is 32.3 Å². The van der Waals surface area contributed by atoms with Crippen molar-refractivity contribution in [3.05, 3.63) is 0 Å². The van der Waals surface area contributed by atoms with E-state index in [0.717, 1.165) is 31.8 Å². The molecule has 0 aliphatic heterocycles. The summed E-state index contributed by atoms with van der Waals surface area (Å²) in [6.07, 6.45) is 7.85. The van der Waals surface area contributed by atoms with Gasteiger partial charge in [0.2, 0.25) is 0 Å². The van der Waals surface area contributed by atoms with Crippen LogP contribution in [0.2, 0.25) is 0 Å². The maximum absolute atomic E-state index is 9.35. The molecule has 1 saturated carbocycles. The first-order chi connectivity index (χ1) is 6.83. The van der Waals surface area contributed by atoms with Crippen molar-refractivity contribution in [3.8, 4) is 0 Å². The minimum absolute atomic E-state index is 0.0114. The highest BCUT2D eigenvalue weighted by atomic mass is 32.2. The Bertz CT molecular complexity index is 135. The van der Waals surface area contributed by atoms with Crippen molar-refractivity contribution in [2.75, 3.05) is 25.1 Å². The molecule has 1 aliphatic carbocycles. The fraction of sp³-hybridized carbons (Fsp3) is 1.00. The highest BCUT2D eigenvalue weighted by Gasteiger charge is 2.18. The molecule has 2 nitrogen and oxygen atoms in total. The Morgan fingerprint density at radius 1 is 1.29 bits per heavy atom. The van der Waals surface area contributed by atoms with E-state index in [1.54, 1.807) is 0 Å². The molecule has 0 bridgehead atoms. The quantitative estimate of drug-likeness (QED) is 0.666. The van der Waals surface area contributed by atoms with Gasteiger partial charge in [-0.25, -0.2) is 0 Å². The molecule has 0 amide bonds. The summed E-state index contributed by atoms with van der Waals surface area (Å²) in [5, 5.41) is 12.9. The number of thioether (sulfide) groups is 1. The Hall–Kier alpha value is 0.270. The molecule has 0 heterocycles. The second kappa shape index (κ2) is 7.55. The fourth-order valence-electron chi connectivity index (χ4n) is 2.00. The molecule has 1 fully saturated rings. The monoisotopic (exact) mass is 217 g/mol. The van der Waals surface area contributed by atoms with Crippen LogP contribution in [0.5, 0.6) is 0 Å². The summed E-state index contributed by atoms with van der Waals surface area (Å²) < 4.78 is 0. The van der Waals surface area contributed by atoms with E-state index >= 15 is 0 Å². The normalized spacial score (nSPS) is 27.9. The van der Waals surface area contributed by atoms with E-state index in [9.17, 15) is 5.11 Å². The molecule has 1 rings (SSSR count). The molecular formula is C11H23NOS. The minimum Gasteiger partial charge on any atom is -0.393 e. The van der Waals surface area contributed by atoms with E-state index in [1.807, 2.05) is 11.8 Å². The number of rotatable bonds is 6. The highest BCUT2D eigenvalue weighted by Crippen LogP contribution is 2.23. The zero-order valence-electron chi connectivity index (χ0n) is 9.17. The Morgan fingerprint density at radius 2 is 2.00 bits per heavy atom. The molecule has 84 valence electrons. The minimum atomic E-state index is -0.0114. The summed E-state index contributed by atoms with van der Waals surface area (Å²) in [5.41, 5.74) is 0. The van der Waals surface area contributed by atoms with Gasteiger partial charge < -0.3 is 10.4 Å². The van der Waals surface area contributed by atoms with Gasteiger partial charge in [0.15, 0.2) is 0 Å². The van der Waals surface area contributed by atoms with Gasteiger partial charge in [-0.05, 0) is 63.1 Å². The number of aliphatic hydroxyl groups excluding tert-OH is 1. The van der Waals surface area contributed by atoms with Crippen LogP contribution in [0.15, 0.2) is 0 Å². The highest BCUT2D eigenvalue weighted by molar-refractivity contribution is 7.98. The molecule has 0 aromatic heterocycles. The van der Waals surface area contributed by atoms with Crippen molar-refractivity contribution < 1.29 is 5.11 Å². The Morgan fingerprint density at radius 3 is 2.64 bits per heavy atom. The van der Waals surface area contributed by atoms with E-state index in [4.69, 9.17) is 0 Å². The van der Waals surface area contributed by atoms with Crippen molar-refractivity contribution in [3.63, 3.8) is 0 Å². The van der Waals surface area contributed by atoms with Gasteiger partial charge in [0, 0.05) is 0 Å². The van der Waals surface area contributed by atoms with Gasteiger partial charge in [-0.15, -0.1) is 0 Å². The van der Waals surface area contributed by atoms with E-state index < -0.39 is 0 Å². The fourth-order valence-corrected chi connectivity index (χ4v) is 2.43. The lowest BCUT2D eigenvalue weighted by Gasteiger charge is -2.25. The van der Waals surface area contributed by atoms with Crippen LogP contribution in [0.4, 0.5) is 0 Å². The summed E-state index contributed by atoms with van der Waals surface area (Å²) in [7, 11) is 0. The lowest BCUT2D eigenvalue weighted by molar-refractivity contribution is 0.108. The number of hydrogen-bond donors (Lipinski definition) is 2. The van der Waals surface area contributed by atoms with Crippen molar-refractivity contribution in [2.45, 2.75) is 38.2 Å². The predicted molar refractivity (Wildman–Crippen MR) is 63.8 cm³/mol. The Kier molecular flexibility index (Phi) is 6.65. The second-order valence-electron chi connectivity index (χ2n) is 4.23. The zero-order valence-corrected chi connectivity index (χ0v) is 9.98. The van der Waals surface area contributed by atoms with E-state index in [-0.39, 0.29) is 6.10 Å². The van der Waals surface area contributed by atoms with Gasteiger partial charge >= 0.3 is 0 Å². The van der Waals surface area contributed by atoms with Crippen LogP contribution in [0, 0.1) is 5.92 Å². The summed E-state index contributed by atoms with van der Waals surface area (Å²) in [6, 6.07) is 0. The van der Waals surface area contributed by atoms with Crippen molar-refractivity contribution in [1.82, 2.24) is 5.32 Å². The summed E-state index contributed by atoms with van der Waals surface area (Å²) in [6.45, 7) is 2.31. The van der Waals surface area contributed by atoms with E-state index in [0.29, 0.717) is 0 Å². The molecule has 0 aromatic carbocycles. The standard InChI is InChI=1S/C11H23NOS/c1-14-8-2-7-12-9-10-3-5-11(13)6-4-10/h10-13H,2-9H2,1H3. The summed E-state index contributed by atoms with van der Waals surface area (Å²) in [4.78, 5) is 0. The van der Waals surface area contributed by atoms with Crippen LogP contribution in [0.25, 0.3) is 0 Å². The lowest BCUT2D eigenvalue weighted by Crippen LogP contribution is -2.28. The molecule has 14 heavy (non-hydrogen) atoms. The predicted octanol–water partition coefficient (Wildman–Crippen LogP) is 1.88. The number of nitrogens with one attached hydrogen (secondary N) is 1. The van der Waals surface area contributed by atoms with Crippen LogP contribution < -0.4 is 5.32 Å². The van der Waals surface area contributed by atoms with Gasteiger partial charge in [0.1, 0.15) is 0 Å². The largest absolute Gasteiger partial charge is 0.393 e. The van der Waals surface area contributed by atoms with Crippen LogP contribution in [0.1, 0.15) is 32.1 Å². The number of aliphatic hydroxyl groups is 1. The maximum Gasteiger partial charge on any atom is 0.0540 e. The van der Waals surface area contributed by atoms with Gasteiger partial charge in [-0.1, -0.05) is 0 Å². The van der Waals surface area contributed by atoms with Crippen LogP contribution in [0.3, 0.4) is 0 Å². The zero-order chi connectivity index (χ0) is 10.2. The average molecular weight is 217 g/mol. The van der Waals surface area contributed by atoms with Crippen LogP contribution in [-0.2, 0) is 0 Å². The van der Waals surface area contributed by atoms with Gasteiger partial charge in [0.05, 0.1) is 6.10 Å². The molecule has 0 saturated heterocycles. The molecular weight excluding hydrogens is 194 g/mol. The first kappa shape index (κ1) is 12.3. The molecule has 0 aromatic rings. The van der Waals surface area contributed by atoms with Gasteiger partial charge in [-0.2, -0.15) is 11.8 Å². The van der Waals surface area contributed by atoms with Crippen molar-refractivity contribution in [1.29, 1.82) is 0 Å². The van der Waals surface area contributed by atoms with Gasteiger partial charge in [-0.3, -0.25) is 0 Å². The van der Waals surface area contributed by atoms with Crippen molar-refractivity contribution in [2.24, 2.45) is 5.92 Å². The third kappa shape index (κ3) is 5.23. The maximum atomic E-state index is 9.35. The first-order valence-corrected chi connectivity index (χ1v) is 7.10. The molecule has 0 spiro atoms. The van der Waals surface area contributed by atoms with Crippen molar-refractivity contribution >= 4 is 11.8 Å². The third-order valence-corrected chi connectivity index (χ3v) is 3.65. The van der Waals surface area contributed by atoms with Crippen LogP contribution >= 0.6 is 11.8 Å². The smallest absolute Gasteiger partial charge is 0.0540 e. The second-order valence-corrected chi connectivity index (χ2v) is 5.21. The summed E-state index contributed by atoms with van der Waals surface area (Å²) in [5.74, 6) is 2.07. The molecule has 3 heteroatoms. The Balaban J connectivity index is 1.91. The third-order valence-electron chi connectivity index (χ3n) is 2.95. The molecule has 0 unspecified atom stereocenters. The van der Waals surface area contributed by atoms with Crippen LogP contribution in [-0.4, -0.2) is 36.3 Å². The summed E-state index contributed by atoms with van der Waals surface area (Å²) >= 11 is 1.91. The average Bonchev–Trinajstić information content (AvgIpc) is 2.21. The number of hydrogen-bond acceptors (Lipinski definition) is 3. The Labute approximate surface area is 91.9 Å². The molecule has 0 radical (unpaired) electrons. The first-order valence-electron chi connectivity index (χ1n) is 5.70. The van der Waals surface area contributed by atoms with E-state index in [2.05, 4.69) is 11.6 Å². The SMILES string of the molecule is CSCCCNCC1CCC(O)CC1. The molecule has 1 aliphatic rings. The van der Waals surface area contributed by atoms with E-state index in [1.165, 1.54) is 25.0 Å². The molecule has 0 atom stereocenters. The van der Waals surface area contributed by atoms with Gasteiger partial charge in [0.25, 0.3) is 0 Å². The molecule has 2 N–H and O–H groups in total. The lowest BCUT2D eigenvalue weighted by atomic mass is 9.87.